The maximum atomic E-state index is 13.4. The first kappa shape index (κ1) is 26.2. The van der Waals surface area contributed by atoms with Crippen LogP contribution in [0.4, 0.5) is 16.2 Å². The van der Waals surface area contributed by atoms with Gasteiger partial charge in [-0.25, -0.2) is 18.0 Å². The fourth-order valence-corrected chi connectivity index (χ4v) is 6.34. The minimum absolute atomic E-state index is 0.109. The number of benzene rings is 2. The molecule has 2 aromatic rings. The zero-order valence-electron chi connectivity index (χ0n) is 20.4. The molecule has 1 atom stereocenters. The highest BCUT2D eigenvalue weighted by atomic mass is 35.5. The van der Waals surface area contributed by atoms with Crippen molar-refractivity contribution < 1.29 is 23.1 Å². The predicted octanol–water partition coefficient (Wildman–Crippen LogP) is 3.42. The minimum Gasteiger partial charge on any atom is -0.480 e. The first-order valence-corrected chi connectivity index (χ1v) is 13.8. The van der Waals surface area contributed by atoms with Gasteiger partial charge in [-0.05, 0) is 60.7 Å². The summed E-state index contributed by atoms with van der Waals surface area (Å²) in [7, 11) is -3.70. The Morgan fingerprint density at radius 1 is 1.06 bits per heavy atom. The summed E-state index contributed by atoms with van der Waals surface area (Å²) >= 11 is 6.09. The number of nitrogens with zero attached hydrogens (tertiary/aromatic N) is 3. The Bertz CT molecular complexity index is 1240. The van der Waals surface area contributed by atoms with E-state index in [1.165, 1.54) is 15.3 Å². The molecule has 1 fully saturated rings. The van der Waals surface area contributed by atoms with Crippen LogP contribution >= 0.6 is 11.6 Å². The summed E-state index contributed by atoms with van der Waals surface area (Å²) in [6.45, 7) is 5.97. The number of aliphatic carboxylic acids is 1. The summed E-state index contributed by atoms with van der Waals surface area (Å²) in [6, 6.07) is 10.8. The number of fused-ring (bicyclic) bond motifs is 1. The molecule has 11 heteroatoms. The zero-order valence-corrected chi connectivity index (χ0v) is 21.9. The zero-order chi connectivity index (χ0) is 26.0. The number of carboxylic acids is 1. The van der Waals surface area contributed by atoms with Crippen molar-refractivity contribution in [2.24, 2.45) is 5.92 Å². The van der Waals surface area contributed by atoms with Crippen molar-refractivity contribution in [3.8, 4) is 0 Å². The first-order valence-electron chi connectivity index (χ1n) is 12.0. The number of urea groups is 1. The highest BCUT2D eigenvalue weighted by Crippen LogP contribution is 2.32. The van der Waals surface area contributed by atoms with Gasteiger partial charge in [-0.1, -0.05) is 31.5 Å². The Hall–Kier alpha value is -2.82. The third-order valence-electron chi connectivity index (χ3n) is 6.54. The molecule has 0 bridgehead atoms. The molecule has 4 rings (SSSR count). The Morgan fingerprint density at radius 3 is 2.42 bits per heavy atom. The summed E-state index contributed by atoms with van der Waals surface area (Å²) in [5, 5.41) is 12.7. The van der Waals surface area contributed by atoms with E-state index >= 15 is 0 Å². The van der Waals surface area contributed by atoms with Crippen LogP contribution in [0.25, 0.3) is 0 Å². The second-order valence-electron chi connectivity index (χ2n) is 9.53. The lowest BCUT2D eigenvalue weighted by Crippen LogP contribution is -2.48. The number of piperazine rings is 1. The smallest absolute Gasteiger partial charge is 0.326 e. The second-order valence-corrected chi connectivity index (χ2v) is 11.9. The summed E-state index contributed by atoms with van der Waals surface area (Å²) in [4.78, 5) is 28.1. The van der Waals surface area contributed by atoms with Crippen molar-refractivity contribution in [1.82, 2.24) is 9.62 Å². The molecule has 0 radical (unpaired) electrons. The topological polar surface area (TPSA) is 110 Å². The number of carbonyl (C=O) groups is 2. The van der Waals surface area contributed by atoms with Crippen LogP contribution in [-0.4, -0.2) is 68.6 Å². The number of anilines is 2. The van der Waals surface area contributed by atoms with Gasteiger partial charge in [0.05, 0.1) is 4.90 Å². The fraction of sp³-hybridized carbons (Fsp3) is 0.440. The van der Waals surface area contributed by atoms with Crippen LogP contribution in [0, 0.1) is 5.92 Å². The van der Waals surface area contributed by atoms with E-state index in [1.807, 2.05) is 32.0 Å². The van der Waals surface area contributed by atoms with Gasteiger partial charge < -0.3 is 15.3 Å². The van der Waals surface area contributed by atoms with E-state index in [4.69, 9.17) is 11.6 Å². The van der Waals surface area contributed by atoms with Gasteiger partial charge in [0.1, 0.15) is 6.04 Å². The van der Waals surface area contributed by atoms with Crippen molar-refractivity contribution in [3.05, 3.63) is 53.1 Å². The molecule has 194 valence electrons. The number of carboxylic acid groups (broad SMARTS) is 1. The molecule has 0 aromatic heterocycles. The van der Waals surface area contributed by atoms with Gasteiger partial charge in [0, 0.05) is 49.1 Å². The molecule has 36 heavy (non-hydrogen) atoms. The number of hydrogen-bond acceptors (Lipinski definition) is 5. The average molecular weight is 535 g/mol. The average Bonchev–Trinajstić information content (AvgIpc) is 3.27. The number of rotatable bonds is 7. The number of halogens is 1. The van der Waals surface area contributed by atoms with Crippen LogP contribution in [0.2, 0.25) is 5.02 Å². The number of carbonyl (C=O) groups excluding carboxylic acids is 1. The Morgan fingerprint density at radius 2 is 1.78 bits per heavy atom. The quantitative estimate of drug-likeness (QED) is 0.563. The Kier molecular flexibility index (Phi) is 7.77. The van der Waals surface area contributed by atoms with E-state index in [0.29, 0.717) is 56.3 Å². The van der Waals surface area contributed by atoms with Crippen molar-refractivity contribution in [1.29, 1.82) is 0 Å². The maximum Gasteiger partial charge on any atom is 0.326 e. The van der Waals surface area contributed by atoms with Crippen molar-refractivity contribution >= 4 is 45.0 Å². The molecule has 2 N–H and O–H groups in total. The molecule has 1 unspecified atom stereocenters. The molecule has 2 aliphatic rings. The number of amides is 2. The van der Waals surface area contributed by atoms with Crippen LogP contribution in [0.1, 0.15) is 25.8 Å². The lowest BCUT2D eigenvalue weighted by Gasteiger charge is -2.35. The van der Waals surface area contributed by atoms with Crippen LogP contribution in [0.5, 0.6) is 0 Å². The molecular formula is C25H31ClN4O5S. The summed E-state index contributed by atoms with van der Waals surface area (Å²) in [5.74, 6) is -0.967. The van der Waals surface area contributed by atoms with E-state index in [-0.39, 0.29) is 10.8 Å². The van der Waals surface area contributed by atoms with Gasteiger partial charge in [-0.3, -0.25) is 4.90 Å². The Labute approximate surface area is 216 Å². The first-order chi connectivity index (χ1) is 17.1. The van der Waals surface area contributed by atoms with E-state index in [1.54, 1.807) is 18.2 Å². The van der Waals surface area contributed by atoms with Gasteiger partial charge in [0.15, 0.2) is 0 Å². The molecule has 1 saturated heterocycles. The number of hydrogen-bond donors (Lipinski definition) is 2. The van der Waals surface area contributed by atoms with Gasteiger partial charge in [0.25, 0.3) is 0 Å². The fourth-order valence-electron chi connectivity index (χ4n) is 4.68. The van der Waals surface area contributed by atoms with E-state index < -0.39 is 28.1 Å². The second kappa shape index (κ2) is 10.7. The normalized spacial score (nSPS) is 17.2. The number of nitrogens with one attached hydrogen (secondary N) is 1. The molecule has 0 saturated carbocycles. The lowest BCUT2D eigenvalue weighted by atomic mass is 10.0. The number of sulfonamides is 1. The molecule has 2 amide bonds. The van der Waals surface area contributed by atoms with Gasteiger partial charge in [0.2, 0.25) is 10.0 Å². The maximum absolute atomic E-state index is 13.4. The van der Waals surface area contributed by atoms with Gasteiger partial charge >= 0.3 is 12.0 Å². The van der Waals surface area contributed by atoms with Crippen molar-refractivity contribution in [2.45, 2.75) is 37.6 Å². The van der Waals surface area contributed by atoms with Crippen LogP contribution in [-0.2, 0) is 21.2 Å². The van der Waals surface area contributed by atoms with E-state index in [9.17, 15) is 23.1 Å². The summed E-state index contributed by atoms with van der Waals surface area (Å²) in [6.07, 6.45) is 0.820. The van der Waals surface area contributed by atoms with Crippen LogP contribution < -0.4 is 15.1 Å². The van der Waals surface area contributed by atoms with Crippen molar-refractivity contribution in [2.75, 3.05) is 42.5 Å². The third kappa shape index (κ3) is 5.61. The van der Waals surface area contributed by atoms with Gasteiger partial charge in [-0.15, -0.1) is 0 Å². The lowest BCUT2D eigenvalue weighted by molar-refractivity contribution is -0.139. The predicted molar refractivity (Wildman–Crippen MR) is 139 cm³/mol. The molecule has 0 spiro atoms. The van der Waals surface area contributed by atoms with E-state index in [2.05, 4.69) is 10.2 Å². The van der Waals surface area contributed by atoms with Gasteiger partial charge in [-0.2, -0.15) is 4.31 Å². The molecule has 2 heterocycles. The molecule has 2 aromatic carbocycles. The van der Waals surface area contributed by atoms with Crippen molar-refractivity contribution in [3.63, 3.8) is 0 Å². The SMILES string of the molecule is CC(C)CC(NC(=O)N1CCc2cc(S(=O)(=O)N3CCN(c4cccc(Cl)c4)CC3)ccc21)C(=O)O. The summed E-state index contributed by atoms with van der Waals surface area (Å²) in [5.41, 5.74) is 2.32. The minimum atomic E-state index is -3.70. The standard InChI is InChI=1S/C25H31ClN4O5S/c1-17(2)14-22(24(31)32)27-25(33)30-9-8-18-15-21(6-7-23(18)30)36(34,35)29-12-10-28(11-13-29)20-5-3-4-19(26)16-20/h3-7,15-17,22H,8-14H2,1-2H3,(H,27,33)(H,31,32). The molecule has 0 aliphatic carbocycles. The van der Waals surface area contributed by atoms with E-state index in [0.717, 1.165) is 11.3 Å². The molecule has 2 aliphatic heterocycles. The highest BCUT2D eigenvalue weighted by molar-refractivity contribution is 7.89. The highest BCUT2D eigenvalue weighted by Gasteiger charge is 2.32. The Balaban J connectivity index is 1.44. The monoisotopic (exact) mass is 534 g/mol. The van der Waals surface area contributed by atoms with Crippen LogP contribution in [0.3, 0.4) is 0 Å². The van der Waals surface area contributed by atoms with Crippen LogP contribution in [0.15, 0.2) is 47.4 Å². The molecular weight excluding hydrogens is 504 g/mol. The molecule has 9 nitrogen and oxygen atoms in total. The largest absolute Gasteiger partial charge is 0.480 e. The third-order valence-corrected chi connectivity index (χ3v) is 8.67. The summed E-state index contributed by atoms with van der Waals surface area (Å²) < 4.78 is 28.2.